The van der Waals surface area contributed by atoms with Crippen LogP contribution in [-0.4, -0.2) is 31.3 Å². The Hall–Kier alpha value is -0.710. The average molecular weight is 276 g/mol. The van der Waals surface area contributed by atoms with Crippen molar-refractivity contribution in [3.8, 4) is 0 Å². The Labute approximate surface area is 111 Å². The van der Waals surface area contributed by atoms with Crippen molar-refractivity contribution in [2.24, 2.45) is 0 Å². The van der Waals surface area contributed by atoms with Crippen molar-refractivity contribution in [2.45, 2.75) is 18.9 Å². The minimum absolute atomic E-state index is 0.251. The highest BCUT2D eigenvalue weighted by molar-refractivity contribution is 6.37. The van der Waals surface area contributed by atoms with Gasteiger partial charge in [0.1, 0.15) is 11.6 Å². The summed E-state index contributed by atoms with van der Waals surface area (Å²) in [5, 5.41) is 7.14. The maximum atomic E-state index is 6.07. The molecule has 17 heavy (non-hydrogen) atoms. The van der Waals surface area contributed by atoms with Crippen LogP contribution in [0.15, 0.2) is 6.07 Å². The molecular weight excluding hydrogens is 261 g/mol. The summed E-state index contributed by atoms with van der Waals surface area (Å²) in [6.07, 6.45) is 2.45. The molecule has 0 bridgehead atoms. The number of ether oxygens (including phenoxy) is 1. The van der Waals surface area contributed by atoms with E-state index in [1.165, 1.54) is 0 Å². The third kappa shape index (κ3) is 3.15. The van der Waals surface area contributed by atoms with Crippen LogP contribution in [0.4, 0.5) is 11.6 Å². The number of halogens is 2. The number of rotatable bonds is 4. The largest absolute Gasteiger partial charge is 0.376 e. The molecule has 4 nitrogen and oxygen atoms in total. The van der Waals surface area contributed by atoms with Crippen molar-refractivity contribution in [2.75, 3.05) is 30.8 Å². The second-order valence-corrected chi connectivity index (χ2v) is 4.73. The Morgan fingerprint density at radius 2 is 2.18 bits per heavy atom. The summed E-state index contributed by atoms with van der Waals surface area (Å²) in [7, 11) is 1.77. The second-order valence-electron chi connectivity index (χ2n) is 3.92. The number of aromatic nitrogens is 1. The van der Waals surface area contributed by atoms with Gasteiger partial charge in [0.2, 0.25) is 0 Å². The molecule has 0 aliphatic carbocycles. The summed E-state index contributed by atoms with van der Waals surface area (Å²) in [6, 6.07) is 1.68. The lowest BCUT2D eigenvalue weighted by molar-refractivity contribution is 0.120. The molecule has 0 spiro atoms. The minimum Gasteiger partial charge on any atom is -0.376 e. The Balaban J connectivity index is 2.03. The Morgan fingerprint density at radius 1 is 1.41 bits per heavy atom. The van der Waals surface area contributed by atoms with Crippen LogP contribution in [-0.2, 0) is 4.74 Å². The zero-order valence-corrected chi connectivity index (χ0v) is 11.1. The van der Waals surface area contributed by atoms with Gasteiger partial charge in [-0.15, -0.1) is 0 Å². The molecular formula is C11H15Cl2N3O. The van der Waals surface area contributed by atoms with Gasteiger partial charge in [-0.25, -0.2) is 4.98 Å². The lowest BCUT2D eigenvalue weighted by atomic mass is 10.2. The molecule has 1 fully saturated rings. The smallest absolute Gasteiger partial charge is 0.147 e. The van der Waals surface area contributed by atoms with Crippen LogP contribution in [0, 0.1) is 0 Å². The number of pyridine rings is 1. The molecule has 2 rings (SSSR count). The first kappa shape index (κ1) is 12.7. The SMILES string of the molecule is CNc1nc(NCC2CCCO2)c(Cl)cc1Cl. The molecule has 0 amide bonds. The van der Waals surface area contributed by atoms with Crippen molar-refractivity contribution < 1.29 is 4.74 Å². The number of nitrogens with zero attached hydrogens (tertiary/aromatic N) is 1. The van der Waals surface area contributed by atoms with Crippen molar-refractivity contribution >= 4 is 34.8 Å². The molecule has 1 aromatic rings. The van der Waals surface area contributed by atoms with Crippen LogP contribution >= 0.6 is 23.2 Å². The summed E-state index contributed by atoms with van der Waals surface area (Å²) < 4.78 is 5.52. The van der Waals surface area contributed by atoms with Crippen LogP contribution in [0.2, 0.25) is 10.0 Å². The molecule has 2 heterocycles. The van der Waals surface area contributed by atoms with E-state index in [0.29, 0.717) is 21.7 Å². The summed E-state index contributed by atoms with van der Waals surface area (Å²) in [5.74, 6) is 1.25. The number of hydrogen-bond donors (Lipinski definition) is 2. The lowest BCUT2D eigenvalue weighted by Crippen LogP contribution is -2.19. The van der Waals surface area contributed by atoms with Crippen molar-refractivity contribution in [3.05, 3.63) is 16.1 Å². The van der Waals surface area contributed by atoms with E-state index in [9.17, 15) is 0 Å². The topological polar surface area (TPSA) is 46.2 Å². The van der Waals surface area contributed by atoms with Crippen LogP contribution in [0.3, 0.4) is 0 Å². The molecule has 1 saturated heterocycles. The molecule has 6 heteroatoms. The first-order valence-electron chi connectivity index (χ1n) is 5.60. The lowest BCUT2D eigenvalue weighted by Gasteiger charge is -2.13. The van der Waals surface area contributed by atoms with E-state index < -0.39 is 0 Å². The summed E-state index contributed by atoms with van der Waals surface area (Å²) in [4.78, 5) is 4.31. The highest BCUT2D eigenvalue weighted by atomic mass is 35.5. The van der Waals surface area contributed by atoms with Gasteiger partial charge in [0.15, 0.2) is 0 Å². The zero-order valence-electron chi connectivity index (χ0n) is 9.59. The van der Waals surface area contributed by atoms with Crippen molar-refractivity contribution in [1.82, 2.24) is 4.98 Å². The molecule has 2 N–H and O–H groups in total. The maximum absolute atomic E-state index is 6.07. The molecule has 0 saturated carbocycles. The van der Waals surface area contributed by atoms with E-state index in [2.05, 4.69) is 15.6 Å². The first-order valence-corrected chi connectivity index (χ1v) is 6.35. The third-order valence-electron chi connectivity index (χ3n) is 2.69. The first-order chi connectivity index (χ1) is 8.20. The van der Waals surface area contributed by atoms with E-state index >= 15 is 0 Å². The van der Waals surface area contributed by atoms with Crippen molar-refractivity contribution in [3.63, 3.8) is 0 Å². The van der Waals surface area contributed by atoms with E-state index in [0.717, 1.165) is 26.0 Å². The molecule has 94 valence electrons. The Morgan fingerprint density at radius 3 is 2.82 bits per heavy atom. The Kier molecular flexibility index (Phi) is 4.31. The van der Waals surface area contributed by atoms with Crippen molar-refractivity contribution in [1.29, 1.82) is 0 Å². The standard InChI is InChI=1S/C11H15Cl2N3O/c1-14-10-8(12)5-9(13)11(16-10)15-6-7-3-2-4-17-7/h5,7H,2-4,6H2,1H3,(H2,14,15,16). The van der Waals surface area contributed by atoms with Gasteiger partial charge in [-0.3, -0.25) is 0 Å². The van der Waals surface area contributed by atoms with Gasteiger partial charge in [-0.1, -0.05) is 23.2 Å². The van der Waals surface area contributed by atoms with Gasteiger partial charge in [0, 0.05) is 20.2 Å². The highest BCUT2D eigenvalue weighted by Gasteiger charge is 2.16. The molecule has 1 atom stereocenters. The third-order valence-corrected chi connectivity index (χ3v) is 3.26. The molecule has 1 aliphatic rings. The van der Waals surface area contributed by atoms with Gasteiger partial charge in [0.05, 0.1) is 16.1 Å². The highest BCUT2D eigenvalue weighted by Crippen LogP contribution is 2.29. The summed E-state index contributed by atoms with van der Waals surface area (Å²) >= 11 is 12.0. The fourth-order valence-corrected chi connectivity index (χ4v) is 2.30. The van der Waals surface area contributed by atoms with Crippen LogP contribution in [0.1, 0.15) is 12.8 Å². The molecule has 1 aliphatic heterocycles. The number of nitrogens with one attached hydrogen (secondary N) is 2. The van der Waals surface area contributed by atoms with Crippen LogP contribution < -0.4 is 10.6 Å². The van der Waals surface area contributed by atoms with E-state index in [1.54, 1.807) is 13.1 Å². The zero-order chi connectivity index (χ0) is 12.3. The molecule has 0 radical (unpaired) electrons. The van der Waals surface area contributed by atoms with Gasteiger partial charge >= 0.3 is 0 Å². The van der Waals surface area contributed by atoms with Crippen LogP contribution in [0.25, 0.3) is 0 Å². The molecule has 1 unspecified atom stereocenters. The molecule has 1 aromatic heterocycles. The van der Waals surface area contributed by atoms with E-state index in [-0.39, 0.29) is 6.10 Å². The predicted molar refractivity (Wildman–Crippen MR) is 71.3 cm³/mol. The number of hydrogen-bond acceptors (Lipinski definition) is 4. The fourth-order valence-electron chi connectivity index (χ4n) is 1.78. The van der Waals surface area contributed by atoms with Crippen LogP contribution in [0.5, 0.6) is 0 Å². The normalized spacial score (nSPS) is 19.4. The van der Waals surface area contributed by atoms with Gasteiger partial charge in [-0.2, -0.15) is 0 Å². The van der Waals surface area contributed by atoms with E-state index in [4.69, 9.17) is 27.9 Å². The monoisotopic (exact) mass is 275 g/mol. The number of anilines is 2. The fraction of sp³-hybridized carbons (Fsp3) is 0.545. The van der Waals surface area contributed by atoms with Gasteiger partial charge < -0.3 is 15.4 Å². The summed E-state index contributed by atoms with van der Waals surface area (Å²) in [6.45, 7) is 1.56. The average Bonchev–Trinajstić information content (AvgIpc) is 2.81. The molecule has 0 aromatic carbocycles. The second kappa shape index (κ2) is 5.76. The maximum Gasteiger partial charge on any atom is 0.147 e. The quantitative estimate of drug-likeness (QED) is 0.887. The minimum atomic E-state index is 0.251. The predicted octanol–water partition coefficient (Wildman–Crippen LogP) is 3.02. The van der Waals surface area contributed by atoms with Gasteiger partial charge in [0.25, 0.3) is 0 Å². The summed E-state index contributed by atoms with van der Waals surface area (Å²) in [5.41, 5.74) is 0. The Bertz CT molecular complexity index is 395. The van der Waals surface area contributed by atoms with E-state index in [1.807, 2.05) is 0 Å². The van der Waals surface area contributed by atoms with Gasteiger partial charge in [-0.05, 0) is 18.9 Å².